The van der Waals surface area contributed by atoms with Crippen molar-refractivity contribution in [1.29, 1.82) is 0 Å². The van der Waals surface area contributed by atoms with E-state index >= 15 is 0 Å². The van der Waals surface area contributed by atoms with Gasteiger partial charge in [-0.25, -0.2) is 5.43 Å². The minimum Gasteiger partial charge on any atom is -0.348 e. The molecule has 1 rings (SSSR count). The molecule has 0 aliphatic carbocycles. The van der Waals surface area contributed by atoms with Gasteiger partial charge in [0.05, 0.1) is 11.8 Å². The van der Waals surface area contributed by atoms with Gasteiger partial charge >= 0.3 is 18.0 Å². The van der Waals surface area contributed by atoms with Crippen molar-refractivity contribution >= 4 is 18.0 Å². The van der Waals surface area contributed by atoms with E-state index in [9.17, 15) is 22.8 Å². The Labute approximate surface area is 112 Å². The van der Waals surface area contributed by atoms with Gasteiger partial charge in [0, 0.05) is 6.54 Å². The fourth-order valence-electron chi connectivity index (χ4n) is 1.22. The van der Waals surface area contributed by atoms with Crippen molar-refractivity contribution in [2.24, 2.45) is 5.10 Å². The van der Waals surface area contributed by atoms with Crippen LogP contribution in [0.1, 0.15) is 18.1 Å². The van der Waals surface area contributed by atoms with E-state index in [1.54, 1.807) is 6.92 Å². The van der Waals surface area contributed by atoms with Crippen LogP contribution in [0, 0.1) is 0 Å². The second-order valence-corrected chi connectivity index (χ2v) is 3.68. The fourth-order valence-corrected chi connectivity index (χ4v) is 1.22. The topological polar surface area (TPSA) is 70.6 Å². The number of hydrogen-bond acceptors (Lipinski definition) is 3. The number of amides is 2. The zero-order chi connectivity index (χ0) is 15.2. The van der Waals surface area contributed by atoms with Crippen molar-refractivity contribution in [2.45, 2.75) is 13.1 Å². The van der Waals surface area contributed by atoms with E-state index in [4.69, 9.17) is 0 Å². The number of hydrazone groups is 1. The molecule has 0 bridgehead atoms. The summed E-state index contributed by atoms with van der Waals surface area (Å²) in [6.45, 7) is 1.95. The highest BCUT2D eigenvalue weighted by Crippen LogP contribution is 2.28. The number of benzene rings is 1. The van der Waals surface area contributed by atoms with Crippen LogP contribution < -0.4 is 10.7 Å². The van der Waals surface area contributed by atoms with E-state index in [1.165, 1.54) is 12.1 Å². The number of rotatable bonds is 3. The third-order valence-electron chi connectivity index (χ3n) is 2.16. The quantitative estimate of drug-likeness (QED) is 0.499. The maximum Gasteiger partial charge on any atom is 0.416 e. The minimum absolute atomic E-state index is 0.300. The van der Waals surface area contributed by atoms with Gasteiger partial charge < -0.3 is 5.32 Å². The highest BCUT2D eigenvalue weighted by Gasteiger charge is 2.29. The third-order valence-corrected chi connectivity index (χ3v) is 2.16. The van der Waals surface area contributed by atoms with Gasteiger partial charge in [0.25, 0.3) is 0 Å². The largest absolute Gasteiger partial charge is 0.416 e. The molecule has 0 aromatic heterocycles. The van der Waals surface area contributed by atoms with Crippen LogP contribution in [0.5, 0.6) is 0 Å². The van der Waals surface area contributed by atoms with E-state index in [0.29, 0.717) is 12.1 Å². The van der Waals surface area contributed by atoms with Crippen LogP contribution >= 0.6 is 0 Å². The monoisotopic (exact) mass is 287 g/mol. The number of carbonyl (C=O) groups excluding carboxylic acids is 2. The Morgan fingerprint density at radius 1 is 1.20 bits per heavy atom. The van der Waals surface area contributed by atoms with Gasteiger partial charge in [0.15, 0.2) is 0 Å². The van der Waals surface area contributed by atoms with Crippen LogP contribution in [0.25, 0.3) is 0 Å². The van der Waals surface area contributed by atoms with E-state index in [0.717, 1.165) is 18.3 Å². The second kappa shape index (κ2) is 6.69. The van der Waals surface area contributed by atoms with Gasteiger partial charge in [-0.15, -0.1) is 0 Å². The van der Waals surface area contributed by atoms with Crippen molar-refractivity contribution in [3.05, 3.63) is 35.4 Å². The summed E-state index contributed by atoms with van der Waals surface area (Å²) in [6, 6.07) is 4.19. The van der Waals surface area contributed by atoms with Crippen LogP contribution in [-0.2, 0) is 15.8 Å². The minimum atomic E-state index is -4.40. The van der Waals surface area contributed by atoms with E-state index in [-0.39, 0.29) is 0 Å². The smallest absolute Gasteiger partial charge is 0.348 e. The SMILES string of the molecule is CCNC(=O)C(=O)N/N=C\c1ccc(C(F)(F)F)cc1. The van der Waals surface area contributed by atoms with Gasteiger partial charge in [-0.2, -0.15) is 18.3 Å². The molecule has 0 unspecified atom stereocenters. The molecular formula is C12H12F3N3O2. The lowest BCUT2D eigenvalue weighted by Crippen LogP contribution is -2.37. The number of nitrogens with one attached hydrogen (secondary N) is 2. The van der Waals surface area contributed by atoms with Gasteiger partial charge in [0.2, 0.25) is 0 Å². The molecule has 1 aromatic carbocycles. The molecule has 0 fully saturated rings. The Bertz CT molecular complexity index is 510. The number of alkyl halides is 3. The number of hydrogen-bond donors (Lipinski definition) is 2. The lowest BCUT2D eigenvalue weighted by Gasteiger charge is -2.05. The summed E-state index contributed by atoms with van der Waals surface area (Å²) in [5.41, 5.74) is 1.54. The summed E-state index contributed by atoms with van der Waals surface area (Å²) in [7, 11) is 0. The Morgan fingerprint density at radius 2 is 1.80 bits per heavy atom. The average Bonchev–Trinajstić information content (AvgIpc) is 2.38. The first-order valence-corrected chi connectivity index (χ1v) is 5.63. The number of halogens is 3. The zero-order valence-corrected chi connectivity index (χ0v) is 10.5. The summed E-state index contributed by atoms with van der Waals surface area (Å²) in [4.78, 5) is 22.1. The molecule has 0 atom stereocenters. The normalized spacial score (nSPS) is 11.4. The van der Waals surface area contributed by atoms with Crippen LogP contribution in [0.15, 0.2) is 29.4 Å². The molecule has 1 aromatic rings. The predicted molar refractivity (Wildman–Crippen MR) is 65.9 cm³/mol. The zero-order valence-electron chi connectivity index (χ0n) is 10.5. The molecule has 8 heteroatoms. The molecule has 2 N–H and O–H groups in total. The summed E-state index contributed by atoms with van der Waals surface area (Å²) in [6.07, 6.45) is -3.26. The maximum atomic E-state index is 12.3. The Kier molecular flexibility index (Phi) is 5.24. The third kappa shape index (κ3) is 4.71. The Hall–Kier alpha value is -2.38. The number of likely N-dealkylation sites (N-methyl/N-ethyl adjacent to an activating group) is 1. The lowest BCUT2D eigenvalue weighted by atomic mass is 10.1. The molecule has 5 nitrogen and oxygen atoms in total. The summed E-state index contributed by atoms with van der Waals surface area (Å²) in [5, 5.41) is 5.74. The lowest BCUT2D eigenvalue weighted by molar-refractivity contribution is -0.139. The van der Waals surface area contributed by atoms with Crippen molar-refractivity contribution < 1.29 is 22.8 Å². The standard InChI is InChI=1S/C12H12F3N3O2/c1-2-16-10(19)11(20)18-17-7-8-3-5-9(6-4-8)12(13,14)15/h3-7H,2H2,1H3,(H,16,19)(H,18,20)/b17-7-. The summed E-state index contributed by atoms with van der Waals surface area (Å²) >= 11 is 0. The van der Waals surface area contributed by atoms with Crippen molar-refractivity contribution in [1.82, 2.24) is 10.7 Å². The van der Waals surface area contributed by atoms with Gasteiger partial charge in [-0.05, 0) is 24.6 Å². The van der Waals surface area contributed by atoms with Crippen molar-refractivity contribution in [2.75, 3.05) is 6.54 Å². The van der Waals surface area contributed by atoms with Crippen molar-refractivity contribution in [3.63, 3.8) is 0 Å². The molecule has 2 amide bonds. The van der Waals surface area contributed by atoms with E-state index in [1.807, 2.05) is 5.43 Å². The molecule has 0 heterocycles. The Balaban J connectivity index is 2.59. The Morgan fingerprint density at radius 3 is 2.30 bits per heavy atom. The first-order valence-electron chi connectivity index (χ1n) is 5.63. The first-order chi connectivity index (χ1) is 9.34. The highest BCUT2D eigenvalue weighted by molar-refractivity contribution is 6.35. The van der Waals surface area contributed by atoms with Crippen LogP contribution in [0.2, 0.25) is 0 Å². The fraction of sp³-hybridized carbons (Fsp3) is 0.250. The van der Waals surface area contributed by atoms with Crippen LogP contribution in [0.3, 0.4) is 0 Å². The molecule has 108 valence electrons. The number of carbonyl (C=O) groups is 2. The van der Waals surface area contributed by atoms with Crippen molar-refractivity contribution in [3.8, 4) is 0 Å². The van der Waals surface area contributed by atoms with Gasteiger partial charge in [0.1, 0.15) is 0 Å². The van der Waals surface area contributed by atoms with E-state index < -0.39 is 23.6 Å². The summed E-state index contributed by atoms with van der Waals surface area (Å²) in [5.74, 6) is -1.79. The molecule has 0 spiro atoms. The average molecular weight is 287 g/mol. The second-order valence-electron chi connectivity index (χ2n) is 3.68. The molecule has 0 saturated carbocycles. The molecule has 20 heavy (non-hydrogen) atoms. The predicted octanol–water partition coefficient (Wildman–Crippen LogP) is 1.29. The van der Waals surface area contributed by atoms with Gasteiger partial charge in [-0.1, -0.05) is 12.1 Å². The molecule has 0 aliphatic heterocycles. The maximum absolute atomic E-state index is 12.3. The summed E-state index contributed by atoms with van der Waals surface area (Å²) < 4.78 is 36.9. The molecule has 0 aliphatic rings. The van der Waals surface area contributed by atoms with Crippen LogP contribution in [0.4, 0.5) is 13.2 Å². The number of nitrogens with zero attached hydrogens (tertiary/aromatic N) is 1. The first kappa shape index (κ1) is 15.7. The molecular weight excluding hydrogens is 275 g/mol. The molecule has 0 saturated heterocycles. The van der Waals surface area contributed by atoms with Gasteiger partial charge in [-0.3, -0.25) is 9.59 Å². The van der Waals surface area contributed by atoms with E-state index in [2.05, 4.69) is 10.4 Å². The molecule has 0 radical (unpaired) electrons. The van der Waals surface area contributed by atoms with Crippen LogP contribution in [-0.4, -0.2) is 24.6 Å². The highest BCUT2D eigenvalue weighted by atomic mass is 19.4.